The highest BCUT2D eigenvalue weighted by Crippen LogP contribution is 2.25. The highest BCUT2D eigenvalue weighted by Gasteiger charge is 2.20. The quantitative estimate of drug-likeness (QED) is 0.535. The van der Waals surface area contributed by atoms with E-state index in [4.69, 9.17) is 4.42 Å². The monoisotopic (exact) mass is 410 g/mol. The first-order valence-electron chi connectivity index (χ1n) is 11.2. The number of aromatic nitrogens is 1. The first-order chi connectivity index (χ1) is 14.4. The van der Waals surface area contributed by atoms with Crippen LogP contribution in [0, 0.1) is 13.8 Å². The van der Waals surface area contributed by atoms with E-state index in [0.717, 1.165) is 49.3 Å². The number of carbonyl (C=O) groups excluding carboxylic acids is 1. The Kier molecular flexibility index (Phi) is 7.38. The van der Waals surface area contributed by atoms with Gasteiger partial charge >= 0.3 is 0 Å². The molecule has 5 nitrogen and oxygen atoms in total. The Hall–Kier alpha value is -2.53. The summed E-state index contributed by atoms with van der Waals surface area (Å²) >= 11 is 0. The van der Waals surface area contributed by atoms with Crippen LogP contribution in [0.5, 0.6) is 0 Å². The van der Waals surface area contributed by atoms with Gasteiger partial charge in [0, 0.05) is 24.7 Å². The second-order valence-electron chi connectivity index (χ2n) is 8.43. The van der Waals surface area contributed by atoms with Crippen molar-refractivity contribution in [1.29, 1.82) is 0 Å². The van der Waals surface area contributed by atoms with Gasteiger partial charge in [0.15, 0.2) is 5.58 Å². The van der Waals surface area contributed by atoms with Gasteiger partial charge in [-0.1, -0.05) is 29.8 Å². The zero-order chi connectivity index (χ0) is 21.7. The lowest BCUT2D eigenvalue weighted by Gasteiger charge is -2.18. The fourth-order valence-corrected chi connectivity index (χ4v) is 4.03. The SMILES string of the molecule is CC[NH+](CC)CCC[C@@H](C)NC(=O)c1cc2oc(C)cc2n1Cc1ccc(C)cc1. The number of nitrogens with zero attached hydrogens (tertiary/aromatic N) is 1. The number of rotatable bonds is 10. The van der Waals surface area contributed by atoms with E-state index in [2.05, 4.69) is 61.8 Å². The molecule has 0 spiro atoms. The number of quaternary nitrogens is 1. The molecule has 2 aromatic heterocycles. The third-order valence-corrected chi connectivity index (χ3v) is 5.95. The van der Waals surface area contributed by atoms with Crippen molar-refractivity contribution < 1.29 is 14.1 Å². The minimum atomic E-state index is -0.0335. The van der Waals surface area contributed by atoms with Crippen molar-refractivity contribution in [3.8, 4) is 0 Å². The largest absolute Gasteiger partial charge is 0.460 e. The summed E-state index contributed by atoms with van der Waals surface area (Å²) < 4.78 is 7.88. The van der Waals surface area contributed by atoms with E-state index in [9.17, 15) is 4.79 Å². The second kappa shape index (κ2) is 9.98. The lowest BCUT2D eigenvalue weighted by Crippen LogP contribution is -3.11. The van der Waals surface area contributed by atoms with Crippen LogP contribution in [-0.2, 0) is 6.54 Å². The Labute approximate surface area is 180 Å². The van der Waals surface area contributed by atoms with Crippen molar-refractivity contribution in [1.82, 2.24) is 9.88 Å². The second-order valence-corrected chi connectivity index (χ2v) is 8.43. The van der Waals surface area contributed by atoms with Crippen LogP contribution < -0.4 is 10.2 Å². The topological polar surface area (TPSA) is 51.6 Å². The molecule has 162 valence electrons. The van der Waals surface area contributed by atoms with Crippen LogP contribution in [-0.4, -0.2) is 36.2 Å². The Morgan fingerprint density at radius 1 is 1.13 bits per heavy atom. The van der Waals surface area contributed by atoms with E-state index in [1.165, 1.54) is 11.1 Å². The molecule has 0 saturated heterocycles. The summed E-state index contributed by atoms with van der Waals surface area (Å²) in [4.78, 5) is 14.7. The van der Waals surface area contributed by atoms with Crippen LogP contribution in [0.4, 0.5) is 0 Å². The molecule has 30 heavy (non-hydrogen) atoms. The van der Waals surface area contributed by atoms with Crippen LogP contribution in [0.2, 0.25) is 0 Å². The molecule has 1 atom stereocenters. The normalized spacial score (nSPS) is 12.6. The average molecular weight is 411 g/mol. The summed E-state index contributed by atoms with van der Waals surface area (Å²) in [6.45, 7) is 14.7. The predicted octanol–water partition coefficient (Wildman–Crippen LogP) is 3.72. The fourth-order valence-electron chi connectivity index (χ4n) is 4.03. The first-order valence-corrected chi connectivity index (χ1v) is 11.2. The number of hydrogen-bond donors (Lipinski definition) is 2. The van der Waals surface area contributed by atoms with Crippen molar-refractivity contribution in [2.75, 3.05) is 19.6 Å². The minimum absolute atomic E-state index is 0.0335. The number of carbonyl (C=O) groups is 1. The molecule has 0 fully saturated rings. The highest BCUT2D eigenvalue weighted by molar-refractivity contribution is 5.97. The van der Waals surface area contributed by atoms with Gasteiger partial charge in [-0.15, -0.1) is 0 Å². The molecule has 0 aliphatic rings. The van der Waals surface area contributed by atoms with E-state index < -0.39 is 0 Å². The lowest BCUT2D eigenvalue weighted by atomic mass is 10.1. The van der Waals surface area contributed by atoms with Gasteiger partial charge in [-0.2, -0.15) is 0 Å². The zero-order valence-corrected chi connectivity index (χ0v) is 19.0. The molecule has 0 radical (unpaired) electrons. The molecule has 0 unspecified atom stereocenters. The van der Waals surface area contributed by atoms with E-state index in [1.807, 2.05) is 19.1 Å². The summed E-state index contributed by atoms with van der Waals surface area (Å²) in [6, 6.07) is 12.5. The van der Waals surface area contributed by atoms with E-state index in [-0.39, 0.29) is 11.9 Å². The van der Waals surface area contributed by atoms with Gasteiger partial charge < -0.3 is 19.2 Å². The highest BCUT2D eigenvalue weighted by atomic mass is 16.3. The molecule has 5 heteroatoms. The summed E-state index contributed by atoms with van der Waals surface area (Å²) in [7, 11) is 0. The van der Waals surface area contributed by atoms with E-state index >= 15 is 0 Å². The van der Waals surface area contributed by atoms with Crippen molar-refractivity contribution >= 4 is 17.0 Å². The maximum Gasteiger partial charge on any atom is 0.268 e. The fraction of sp³-hybridized carbons (Fsp3) is 0.480. The molecule has 0 saturated carbocycles. The standard InChI is InChI=1S/C25H35N3O2/c1-6-27(7-2)14-8-9-19(4)26-25(29)23-16-24-22(15-20(5)30-24)28(23)17-21-12-10-18(3)11-13-21/h10-13,15-16,19H,6-9,14,17H2,1-5H3,(H,26,29)/p+1/t19-/m1/s1. The molecule has 2 N–H and O–H groups in total. The van der Waals surface area contributed by atoms with Gasteiger partial charge in [-0.25, -0.2) is 0 Å². The molecule has 3 rings (SSSR count). The number of nitrogens with one attached hydrogen (secondary N) is 2. The summed E-state index contributed by atoms with van der Waals surface area (Å²) in [5.41, 5.74) is 4.79. The number of hydrogen-bond acceptors (Lipinski definition) is 2. The van der Waals surface area contributed by atoms with Gasteiger partial charge in [0.2, 0.25) is 0 Å². The molecular formula is C25H36N3O2+. The zero-order valence-electron chi connectivity index (χ0n) is 19.0. The molecule has 0 aliphatic heterocycles. The molecule has 3 aromatic rings. The smallest absolute Gasteiger partial charge is 0.268 e. The Bertz CT molecular complexity index is 964. The number of furan rings is 1. The molecule has 0 aliphatic carbocycles. The Morgan fingerprint density at radius 2 is 1.83 bits per heavy atom. The molecule has 1 amide bonds. The first kappa shape index (κ1) is 22.2. The molecule has 1 aromatic carbocycles. The lowest BCUT2D eigenvalue weighted by molar-refractivity contribution is -0.896. The van der Waals surface area contributed by atoms with Crippen molar-refractivity contribution in [3.63, 3.8) is 0 Å². The molecule has 0 bridgehead atoms. The van der Waals surface area contributed by atoms with E-state index in [0.29, 0.717) is 12.2 Å². The predicted molar refractivity (Wildman–Crippen MR) is 122 cm³/mol. The van der Waals surface area contributed by atoms with Crippen molar-refractivity contribution in [3.05, 3.63) is 59.0 Å². The summed E-state index contributed by atoms with van der Waals surface area (Å²) in [5.74, 6) is 0.825. The Morgan fingerprint density at radius 3 is 2.50 bits per heavy atom. The van der Waals surface area contributed by atoms with Gasteiger partial charge in [0.1, 0.15) is 11.5 Å². The van der Waals surface area contributed by atoms with Gasteiger partial charge in [-0.05, 0) is 53.0 Å². The van der Waals surface area contributed by atoms with Gasteiger partial charge in [-0.3, -0.25) is 4.79 Å². The van der Waals surface area contributed by atoms with Crippen LogP contribution in [0.25, 0.3) is 11.1 Å². The van der Waals surface area contributed by atoms with Gasteiger partial charge in [0.25, 0.3) is 5.91 Å². The Balaban J connectivity index is 1.73. The van der Waals surface area contributed by atoms with E-state index in [1.54, 1.807) is 4.90 Å². The number of amides is 1. The summed E-state index contributed by atoms with van der Waals surface area (Å²) in [5, 5.41) is 3.20. The maximum absolute atomic E-state index is 13.1. The number of aryl methyl sites for hydroxylation is 2. The van der Waals surface area contributed by atoms with Crippen molar-refractivity contribution in [2.45, 2.75) is 60.0 Å². The minimum Gasteiger partial charge on any atom is -0.460 e. The third kappa shape index (κ3) is 5.33. The van der Waals surface area contributed by atoms with Crippen LogP contribution in [0.15, 0.2) is 40.8 Å². The molecular weight excluding hydrogens is 374 g/mol. The van der Waals surface area contributed by atoms with Gasteiger partial charge in [0.05, 0.1) is 25.2 Å². The van der Waals surface area contributed by atoms with Crippen LogP contribution in [0.1, 0.15) is 61.0 Å². The van der Waals surface area contributed by atoms with Crippen LogP contribution >= 0.6 is 0 Å². The third-order valence-electron chi connectivity index (χ3n) is 5.95. The number of fused-ring (bicyclic) bond motifs is 1. The van der Waals surface area contributed by atoms with Crippen LogP contribution in [0.3, 0.4) is 0 Å². The number of benzene rings is 1. The average Bonchev–Trinajstić information content (AvgIpc) is 3.24. The molecule has 2 heterocycles. The van der Waals surface area contributed by atoms with Crippen molar-refractivity contribution in [2.24, 2.45) is 0 Å². The summed E-state index contributed by atoms with van der Waals surface area (Å²) in [6.07, 6.45) is 2.10. The maximum atomic E-state index is 13.1.